The third-order valence-corrected chi connectivity index (χ3v) is 8.13. The molecule has 0 N–H and O–H groups in total. The second-order valence-electron chi connectivity index (χ2n) is 6.66. The molecule has 5 heteroatoms. The minimum Gasteiger partial charge on any atom is -0.263 e. The van der Waals surface area contributed by atoms with Crippen LogP contribution in [0.25, 0.3) is 0 Å². The fourth-order valence-corrected chi connectivity index (χ4v) is 6.46. The average Bonchev–Trinajstić information content (AvgIpc) is 3.12. The molecule has 1 aliphatic rings. The van der Waals surface area contributed by atoms with Crippen LogP contribution in [-0.4, -0.2) is 14.5 Å². The van der Waals surface area contributed by atoms with Crippen molar-refractivity contribution in [1.82, 2.24) is 0 Å². The first kappa shape index (κ1) is 17.5. The zero-order valence-electron chi connectivity index (χ0n) is 14.1. The molecule has 1 atom stereocenters. The van der Waals surface area contributed by atoms with Gasteiger partial charge in [-0.1, -0.05) is 56.4 Å². The fourth-order valence-electron chi connectivity index (χ4n) is 3.71. The van der Waals surface area contributed by atoms with Crippen LogP contribution in [0.3, 0.4) is 0 Å². The lowest BCUT2D eigenvalue weighted by molar-refractivity contribution is 0.323. The quantitative estimate of drug-likeness (QED) is 0.698. The number of anilines is 1. The van der Waals surface area contributed by atoms with Gasteiger partial charge in [0.05, 0.1) is 5.69 Å². The Balaban J connectivity index is 1.90. The van der Waals surface area contributed by atoms with Gasteiger partial charge < -0.3 is 0 Å². The highest BCUT2D eigenvalue weighted by molar-refractivity contribution is 7.94. The van der Waals surface area contributed by atoms with Gasteiger partial charge in [0.1, 0.15) is 4.21 Å². The minimum absolute atomic E-state index is 0.0393. The molecular formula is C19H25NO2S2. The molecule has 24 heavy (non-hydrogen) atoms. The van der Waals surface area contributed by atoms with Crippen molar-refractivity contribution >= 4 is 27.0 Å². The topological polar surface area (TPSA) is 37.4 Å². The molecule has 0 radical (unpaired) electrons. The summed E-state index contributed by atoms with van der Waals surface area (Å²) in [6.07, 6.45) is 7.26. The van der Waals surface area contributed by atoms with Crippen LogP contribution in [0.15, 0.2) is 52.1 Å². The van der Waals surface area contributed by atoms with Crippen molar-refractivity contribution in [3.63, 3.8) is 0 Å². The Morgan fingerprint density at radius 2 is 1.79 bits per heavy atom. The molecule has 0 unspecified atom stereocenters. The van der Waals surface area contributed by atoms with Gasteiger partial charge in [-0.25, -0.2) is 8.42 Å². The number of benzene rings is 1. The summed E-state index contributed by atoms with van der Waals surface area (Å²) in [6, 6.07) is 13.0. The third kappa shape index (κ3) is 3.83. The second-order valence-corrected chi connectivity index (χ2v) is 9.65. The smallest absolute Gasteiger partial charge is 0.263 e. The van der Waals surface area contributed by atoms with Crippen molar-refractivity contribution in [1.29, 1.82) is 0 Å². The van der Waals surface area contributed by atoms with E-state index in [1.807, 2.05) is 42.6 Å². The van der Waals surface area contributed by atoms with E-state index in [-0.39, 0.29) is 6.04 Å². The third-order valence-electron chi connectivity index (χ3n) is 4.82. The number of thiophene rings is 1. The van der Waals surface area contributed by atoms with Gasteiger partial charge in [-0.05, 0) is 42.8 Å². The summed E-state index contributed by atoms with van der Waals surface area (Å²) < 4.78 is 28.5. The summed E-state index contributed by atoms with van der Waals surface area (Å²) in [4.78, 5) is 0. The molecule has 1 fully saturated rings. The monoisotopic (exact) mass is 363 g/mol. The van der Waals surface area contributed by atoms with Crippen LogP contribution in [0.2, 0.25) is 0 Å². The summed E-state index contributed by atoms with van der Waals surface area (Å²) in [7, 11) is -3.51. The van der Waals surface area contributed by atoms with Crippen LogP contribution in [-0.2, 0) is 10.0 Å². The van der Waals surface area contributed by atoms with E-state index in [1.54, 1.807) is 16.4 Å². The van der Waals surface area contributed by atoms with Gasteiger partial charge in [-0.15, -0.1) is 11.3 Å². The Morgan fingerprint density at radius 1 is 1.08 bits per heavy atom. The highest BCUT2D eigenvalue weighted by atomic mass is 32.2. The average molecular weight is 364 g/mol. The van der Waals surface area contributed by atoms with E-state index in [2.05, 4.69) is 0 Å². The molecule has 130 valence electrons. The molecule has 2 aromatic rings. The van der Waals surface area contributed by atoms with E-state index in [1.165, 1.54) is 43.4 Å². The summed E-state index contributed by atoms with van der Waals surface area (Å²) in [5.74, 6) is 0.637. The number of para-hydroxylation sites is 1. The van der Waals surface area contributed by atoms with Crippen molar-refractivity contribution in [2.45, 2.75) is 55.7 Å². The summed E-state index contributed by atoms with van der Waals surface area (Å²) in [5.41, 5.74) is 0.759. The van der Waals surface area contributed by atoms with Gasteiger partial charge in [0.2, 0.25) is 0 Å². The van der Waals surface area contributed by atoms with Crippen LogP contribution in [0, 0.1) is 5.92 Å². The molecule has 0 spiro atoms. The van der Waals surface area contributed by atoms with E-state index in [4.69, 9.17) is 0 Å². The molecule has 3 nitrogen and oxygen atoms in total. The number of sulfonamides is 1. The first-order valence-corrected chi connectivity index (χ1v) is 11.0. The summed E-state index contributed by atoms with van der Waals surface area (Å²) >= 11 is 1.29. The van der Waals surface area contributed by atoms with Crippen molar-refractivity contribution in [3.05, 3.63) is 47.8 Å². The standard InChI is InChI=1S/C19H25NO2S2/c1-16(15-17-9-4-2-5-10-17)20(18-11-6-3-7-12-18)24(21,22)19-13-8-14-23-19/h3,6-8,11-14,16-17H,2,4-5,9-10,15H2,1H3/t16-/m0/s1. The molecular weight excluding hydrogens is 338 g/mol. The maximum Gasteiger partial charge on any atom is 0.274 e. The SMILES string of the molecule is C[C@@H](CC1CCCCC1)N(c1ccccc1)S(=O)(=O)c1cccs1. The van der Waals surface area contributed by atoms with Crippen LogP contribution in [0.1, 0.15) is 45.4 Å². The lowest BCUT2D eigenvalue weighted by Gasteiger charge is -2.33. The highest BCUT2D eigenvalue weighted by Crippen LogP contribution is 2.33. The van der Waals surface area contributed by atoms with Gasteiger partial charge in [0, 0.05) is 6.04 Å². The molecule has 1 heterocycles. The molecule has 1 aromatic heterocycles. The van der Waals surface area contributed by atoms with Crippen molar-refractivity contribution < 1.29 is 8.42 Å². The van der Waals surface area contributed by atoms with Crippen LogP contribution in [0.4, 0.5) is 5.69 Å². The van der Waals surface area contributed by atoms with Gasteiger partial charge >= 0.3 is 0 Å². The first-order chi connectivity index (χ1) is 11.6. The molecule has 0 saturated heterocycles. The van der Waals surface area contributed by atoms with Gasteiger partial charge in [0.25, 0.3) is 10.0 Å². The zero-order chi connectivity index (χ0) is 17.0. The largest absolute Gasteiger partial charge is 0.274 e. The van der Waals surface area contributed by atoms with Crippen molar-refractivity contribution in [3.8, 4) is 0 Å². The molecule has 3 rings (SSSR count). The van der Waals surface area contributed by atoms with E-state index >= 15 is 0 Å². The van der Waals surface area contributed by atoms with Crippen LogP contribution in [0.5, 0.6) is 0 Å². The number of hydrogen-bond acceptors (Lipinski definition) is 3. The fraction of sp³-hybridized carbons (Fsp3) is 0.474. The van der Waals surface area contributed by atoms with Gasteiger partial charge in [0.15, 0.2) is 0 Å². The number of hydrogen-bond donors (Lipinski definition) is 0. The normalized spacial score (nSPS) is 17.5. The Bertz CT molecular complexity index is 720. The van der Waals surface area contributed by atoms with Gasteiger partial charge in [-0.2, -0.15) is 0 Å². The Morgan fingerprint density at radius 3 is 2.42 bits per heavy atom. The molecule has 0 aliphatic heterocycles. The van der Waals surface area contributed by atoms with E-state index in [0.29, 0.717) is 10.1 Å². The maximum absolute atomic E-state index is 13.2. The lowest BCUT2D eigenvalue weighted by atomic mass is 9.85. The Hall–Kier alpha value is -1.33. The Kier molecular flexibility index (Phi) is 5.61. The molecule has 1 saturated carbocycles. The van der Waals surface area contributed by atoms with E-state index in [0.717, 1.165) is 12.1 Å². The van der Waals surface area contributed by atoms with E-state index in [9.17, 15) is 8.42 Å². The van der Waals surface area contributed by atoms with Crippen LogP contribution < -0.4 is 4.31 Å². The van der Waals surface area contributed by atoms with Gasteiger partial charge in [-0.3, -0.25) is 4.31 Å². The second kappa shape index (κ2) is 7.70. The first-order valence-electron chi connectivity index (χ1n) is 8.72. The predicted octanol–water partition coefficient (Wildman–Crippen LogP) is 5.30. The zero-order valence-corrected chi connectivity index (χ0v) is 15.7. The predicted molar refractivity (Wildman–Crippen MR) is 101 cm³/mol. The number of nitrogens with zero attached hydrogens (tertiary/aromatic N) is 1. The van der Waals surface area contributed by atoms with Crippen molar-refractivity contribution in [2.75, 3.05) is 4.31 Å². The molecule has 1 aromatic carbocycles. The summed E-state index contributed by atoms with van der Waals surface area (Å²) in [5, 5.41) is 1.82. The Labute approximate surface area is 149 Å². The number of rotatable bonds is 6. The van der Waals surface area contributed by atoms with Crippen LogP contribution >= 0.6 is 11.3 Å². The van der Waals surface area contributed by atoms with Crippen molar-refractivity contribution in [2.24, 2.45) is 5.92 Å². The molecule has 0 bridgehead atoms. The van der Waals surface area contributed by atoms with E-state index < -0.39 is 10.0 Å². The molecule has 1 aliphatic carbocycles. The minimum atomic E-state index is -3.51. The highest BCUT2D eigenvalue weighted by Gasteiger charge is 2.31. The summed E-state index contributed by atoms with van der Waals surface area (Å²) in [6.45, 7) is 2.05. The molecule has 0 amide bonds. The maximum atomic E-state index is 13.2. The lowest BCUT2D eigenvalue weighted by Crippen LogP contribution is -2.39.